The number of hydrogen-bond acceptors (Lipinski definition) is 6. The topological polar surface area (TPSA) is 118 Å². The van der Waals surface area contributed by atoms with Crippen molar-refractivity contribution < 1.29 is 23.2 Å². The molecule has 1 aromatic carbocycles. The first kappa shape index (κ1) is 17.2. The van der Waals surface area contributed by atoms with Gasteiger partial charge >= 0.3 is 5.97 Å². The van der Waals surface area contributed by atoms with Crippen molar-refractivity contribution in [3.8, 4) is 0 Å². The van der Waals surface area contributed by atoms with Gasteiger partial charge in [0.2, 0.25) is 0 Å². The molecule has 0 aromatic heterocycles. The van der Waals surface area contributed by atoms with E-state index in [1.807, 2.05) is 6.92 Å². The maximum atomic E-state index is 11.6. The second-order valence-electron chi connectivity index (χ2n) is 5.96. The van der Waals surface area contributed by atoms with Gasteiger partial charge in [-0.1, -0.05) is 6.92 Å². The van der Waals surface area contributed by atoms with Crippen molar-refractivity contribution in [2.75, 3.05) is 24.2 Å². The Balaban J connectivity index is 2.46. The SMILES string of the molecule is CC1CC(C(=O)O)CN(c2ccc(S(C)(=O)=O)cc2[N+](=O)[O-])C1. The molecule has 0 spiro atoms. The molecule has 8 nitrogen and oxygen atoms in total. The van der Waals surface area contributed by atoms with Crippen molar-refractivity contribution in [1.82, 2.24) is 0 Å². The lowest BCUT2D eigenvalue weighted by Crippen LogP contribution is -2.42. The lowest BCUT2D eigenvalue weighted by molar-refractivity contribution is -0.384. The number of hydrogen-bond donors (Lipinski definition) is 1. The summed E-state index contributed by atoms with van der Waals surface area (Å²) in [7, 11) is -3.56. The van der Waals surface area contributed by atoms with Crippen LogP contribution in [-0.4, -0.2) is 43.8 Å². The van der Waals surface area contributed by atoms with E-state index >= 15 is 0 Å². The van der Waals surface area contributed by atoms with Crippen molar-refractivity contribution in [3.05, 3.63) is 28.3 Å². The van der Waals surface area contributed by atoms with E-state index in [1.54, 1.807) is 4.90 Å². The van der Waals surface area contributed by atoms with Crippen LogP contribution in [0.25, 0.3) is 0 Å². The first-order valence-electron chi connectivity index (χ1n) is 7.06. The van der Waals surface area contributed by atoms with Gasteiger partial charge < -0.3 is 10.0 Å². The molecule has 126 valence electrons. The van der Waals surface area contributed by atoms with E-state index in [0.29, 0.717) is 13.0 Å². The molecule has 23 heavy (non-hydrogen) atoms. The Labute approximate surface area is 133 Å². The third-order valence-electron chi connectivity index (χ3n) is 3.92. The van der Waals surface area contributed by atoms with E-state index in [4.69, 9.17) is 0 Å². The number of nitro groups is 1. The van der Waals surface area contributed by atoms with Gasteiger partial charge in [-0.2, -0.15) is 0 Å². The second-order valence-corrected chi connectivity index (χ2v) is 7.98. The monoisotopic (exact) mass is 342 g/mol. The van der Waals surface area contributed by atoms with Gasteiger partial charge in [-0.15, -0.1) is 0 Å². The van der Waals surface area contributed by atoms with Crippen LogP contribution in [0.15, 0.2) is 23.1 Å². The van der Waals surface area contributed by atoms with E-state index in [9.17, 15) is 28.4 Å². The molecule has 1 aliphatic rings. The third kappa shape index (κ3) is 3.79. The fraction of sp³-hybridized carbons (Fsp3) is 0.500. The number of sulfone groups is 1. The largest absolute Gasteiger partial charge is 0.481 e. The maximum absolute atomic E-state index is 11.6. The minimum atomic E-state index is -3.56. The van der Waals surface area contributed by atoms with Crippen LogP contribution in [0, 0.1) is 22.0 Å². The minimum absolute atomic E-state index is 0.0686. The maximum Gasteiger partial charge on any atom is 0.308 e. The van der Waals surface area contributed by atoms with Crippen molar-refractivity contribution >= 4 is 27.2 Å². The predicted octanol–water partition coefficient (Wildman–Crippen LogP) is 1.55. The lowest BCUT2D eigenvalue weighted by atomic mass is 9.90. The summed E-state index contributed by atoms with van der Waals surface area (Å²) in [6, 6.07) is 3.72. The second kappa shape index (κ2) is 6.15. The minimum Gasteiger partial charge on any atom is -0.481 e. The van der Waals surface area contributed by atoms with Crippen molar-refractivity contribution in [1.29, 1.82) is 0 Å². The molecule has 2 atom stereocenters. The molecule has 1 aliphatic heterocycles. The number of aliphatic carboxylic acids is 1. The summed E-state index contributed by atoms with van der Waals surface area (Å²) in [6.45, 7) is 2.54. The number of rotatable bonds is 4. The van der Waals surface area contributed by atoms with Gasteiger partial charge in [0.1, 0.15) is 5.69 Å². The molecule has 1 saturated heterocycles. The predicted molar refractivity (Wildman–Crippen MR) is 83.3 cm³/mol. The zero-order valence-corrected chi connectivity index (χ0v) is 13.6. The highest BCUT2D eigenvalue weighted by Crippen LogP contribution is 2.34. The van der Waals surface area contributed by atoms with Gasteiger partial charge in [0.25, 0.3) is 5.69 Å². The summed E-state index contributed by atoms with van der Waals surface area (Å²) in [5.41, 5.74) is -0.0774. The molecule has 0 aliphatic carbocycles. The number of nitrogens with zero attached hydrogens (tertiary/aromatic N) is 2. The molecular formula is C14H18N2O6S. The van der Waals surface area contributed by atoms with E-state index < -0.39 is 26.6 Å². The van der Waals surface area contributed by atoms with Crippen LogP contribution in [0.5, 0.6) is 0 Å². The Morgan fingerprint density at radius 3 is 2.57 bits per heavy atom. The van der Waals surface area contributed by atoms with Gasteiger partial charge in [-0.3, -0.25) is 14.9 Å². The average molecular weight is 342 g/mol. The molecule has 0 bridgehead atoms. The van der Waals surface area contributed by atoms with Crippen molar-refractivity contribution in [2.24, 2.45) is 11.8 Å². The highest BCUT2D eigenvalue weighted by Gasteiger charge is 2.32. The number of piperidine rings is 1. The highest BCUT2D eigenvalue weighted by molar-refractivity contribution is 7.90. The molecule has 9 heteroatoms. The summed E-state index contributed by atoms with van der Waals surface area (Å²) in [5, 5.41) is 20.5. The average Bonchev–Trinajstić information content (AvgIpc) is 2.44. The van der Waals surface area contributed by atoms with Crippen LogP contribution in [0.3, 0.4) is 0 Å². The molecule has 0 saturated carbocycles. The Morgan fingerprint density at radius 2 is 2.04 bits per heavy atom. The summed E-state index contributed by atoms with van der Waals surface area (Å²) in [6.07, 6.45) is 1.50. The highest BCUT2D eigenvalue weighted by atomic mass is 32.2. The number of carbonyl (C=O) groups is 1. The summed E-state index contributed by atoms with van der Waals surface area (Å²) in [4.78, 5) is 23.4. The van der Waals surface area contributed by atoms with Gasteiger partial charge in [0, 0.05) is 25.4 Å². The van der Waals surface area contributed by atoms with E-state index in [2.05, 4.69) is 0 Å². The molecule has 1 fully saturated rings. The molecule has 0 radical (unpaired) electrons. The Kier molecular flexibility index (Phi) is 4.60. The summed E-state index contributed by atoms with van der Waals surface area (Å²) in [5.74, 6) is -1.47. The summed E-state index contributed by atoms with van der Waals surface area (Å²) >= 11 is 0. The number of carboxylic acids is 1. The molecular weight excluding hydrogens is 324 g/mol. The van der Waals surface area contributed by atoms with Crippen LogP contribution >= 0.6 is 0 Å². The Hall–Kier alpha value is -2.16. The third-order valence-corrected chi connectivity index (χ3v) is 5.03. The van der Waals surface area contributed by atoms with E-state index in [1.165, 1.54) is 12.1 Å². The van der Waals surface area contributed by atoms with Crippen molar-refractivity contribution in [3.63, 3.8) is 0 Å². The molecule has 2 rings (SSSR count). The zero-order chi connectivity index (χ0) is 17.4. The van der Waals surface area contributed by atoms with Crippen LogP contribution in [0.1, 0.15) is 13.3 Å². The first-order chi connectivity index (χ1) is 10.6. The van der Waals surface area contributed by atoms with Gasteiger partial charge in [-0.25, -0.2) is 8.42 Å². The number of carboxylic acid groups (broad SMARTS) is 1. The molecule has 1 aromatic rings. The van der Waals surface area contributed by atoms with E-state index in [-0.39, 0.29) is 28.7 Å². The first-order valence-corrected chi connectivity index (χ1v) is 8.95. The van der Waals surface area contributed by atoms with Gasteiger partial charge in [-0.05, 0) is 24.5 Å². The summed E-state index contributed by atoms with van der Waals surface area (Å²) < 4.78 is 23.1. The quantitative estimate of drug-likeness (QED) is 0.651. The Bertz CT molecular complexity index is 746. The van der Waals surface area contributed by atoms with Gasteiger partial charge in [0.05, 0.1) is 15.7 Å². The fourth-order valence-electron chi connectivity index (χ4n) is 2.87. The lowest BCUT2D eigenvalue weighted by Gasteiger charge is -2.35. The smallest absolute Gasteiger partial charge is 0.308 e. The van der Waals surface area contributed by atoms with Gasteiger partial charge in [0.15, 0.2) is 9.84 Å². The fourth-order valence-corrected chi connectivity index (χ4v) is 3.52. The number of nitro benzene ring substituents is 1. The molecule has 0 amide bonds. The van der Waals surface area contributed by atoms with Crippen LogP contribution in [-0.2, 0) is 14.6 Å². The van der Waals surface area contributed by atoms with Crippen LogP contribution < -0.4 is 4.90 Å². The van der Waals surface area contributed by atoms with Crippen molar-refractivity contribution in [2.45, 2.75) is 18.2 Å². The zero-order valence-electron chi connectivity index (χ0n) is 12.8. The van der Waals surface area contributed by atoms with Crippen LogP contribution in [0.2, 0.25) is 0 Å². The van der Waals surface area contributed by atoms with E-state index in [0.717, 1.165) is 12.3 Å². The molecule has 1 heterocycles. The normalized spacial score (nSPS) is 21.9. The Morgan fingerprint density at radius 1 is 1.39 bits per heavy atom. The molecule has 2 unspecified atom stereocenters. The number of anilines is 1. The van der Waals surface area contributed by atoms with Crippen LogP contribution in [0.4, 0.5) is 11.4 Å². The molecule has 1 N–H and O–H groups in total. The number of benzene rings is 1. The standard InChI is InChI=1S/C14H18N2O6S/c1-9-5-10(14(17)18)8-15(7-9)12-4-3-11(23(2,21)22)6-13(12)16(19)20/h3-4,6,9-10H,5,7-8H2,1-2H3,(H,17,18).